The predicted molar refractivity (Wildman–Crippen MR) is 101 cm³/mol. The second-order valence-corrected chi connectivity index (χ2v) is 6.73. The Morgan fingerprint density at radius 1 is 1.19 bits per heavy atom. The highest BCUT2D eigenvalue weighted by molar-refractivity contribution is 5.98. The zero-order valence-corrected chi connectivity index (χ0v) is 15.1. The second-order valence-electron chi connectivity index (χ2n) is 6.73. The van der Waals surface area contributed by atoms with Gasteiger partial charge in [0.05, 0.1) is 11.3 Å². The minimum atomic E-state index is -0.0894. The highest BCUT2D eigenvalue weighted by atomic mass is 16.1. The van der Waals surface area contributed by atoms with E-state index in [2.05, 4.69) is 30.6 Å². The van der Waals surface area contributed by atoms with Gasteiger partial charge in [0.15, 0.2) is 5.82 Å². The molecule has 1 amide bonds. The number of nitrogens with zero attached hydrogens (tertiary/aromatic N) is 6. The van der Waals surface area contributed by atoms with E-state index in [9.17, 15) is 4.79 Å². The normalized spacial score (nSPS) is 16.9. The van der Waals surface area contributed by atoms with Gasteiger partial charge < -0.3 is 10.2 Å². The first-order valence-electron chi connectivity index (χ1n) is 9.00. The van der Waals surface area contributed by atoms with Crippen molar-refractivity contribution in [2.75, 3.05) is 18.0 Å². The summed E-state index contributed by atoms with van der Waals surface area (Å²) < 4.78 is 1.75. The summed E-state index contributed by atoms with van der Waals surface area (Å²) in [6.45, 7) is 3.61. The molecule has 27 heavy (non-hydrogen) atoms. The summed E-state index contributed by atoms with van der Waals surface area (Å²) in [5.41, 5.74) is 2.41. The molecule has 8 heteroatoms. The standard InChI is InChI=1S/C19H21N7O/c1-14-6-7-17(26-12-21-22-13-26)16(10-14)19(27)23-15-4-3-9-25(11-15)18-5-2-8-20-24-18/h2,5-8,10,12-13,15H,3-4,9,11H2,1H3,(H,23,27). The van der Waals surface area contributed by atoms with Crippen molar-refractivity contribution in [1.82, 2.24) is 30.3 Å². The predicted octanol–water partition coefficient (Wildman–Crippen LogP) is 1.76. The number of carbonyl (C=O) groups is 1. The molecule has 138 valence electrons. The monoisotopic (exact) mass is 363 g/mol. The van der Waals surface area contributed by atoms with Gasteiger partial charge in [0.2, 0.25) is 0 Å². The molecule has 1 atom stereocenters. The molecule has 1 N–H and O–H groups in total. The molecule has 0 bridgehead atoms. The van der Waals surface area contributed by atoms with E-state index in [-0.39, 0.29) is 11.9 Å². The first-order chi connectivity index (χ1) is 13.2. The largest absolute Gasteiger partial charge is 0.353 e. The molecular formula is C19H21N7O. The Kier molecular flexibility index (Phi) is 4.78. The highest BCUT2D eigenvalue weighted by Crippen LogP contribution is 2.19. The maximum atomic E-state index is 13.0. The van der Waals surface area contributed by atoms with E-state index >= 15 is 0 Å². The summed E-state index contributed by atoms with van der Waals surface area (Å²) in [5, 5.41) is 19.0. The van der Waals surface area contributed by atoms with Crippen molar-refractivity contribution in [2.45, 2.75) is 25.8 Å². The number of hydrogen-bond acceptors (Lipinski definition) is 6. The maximum Gasteiger partial charge on any atom is 0.253 e. The third-order valence-corrected chi connectivity index (χ3v) is 4.73. The zero-order valence-electron chi connectivity index (χ0n) is 15.1. The van der Waals surface area contributed by atoms with Crippen LogP contribution in [0, 0.1) is 6.92 Å². The number of aryl methyl sites for hydroxylation is 1. The molecule has 3 heterocycles. The minimum absolute atomic E-state index is 0.0579. The first-order valence-corrected chi connectivity index (χ1v) is 9.00. The van der Waals surface area contributed by atoms with E-state index in [1.165, 1.54) is 0 Å². The van der Waals surface area contributed by atoms with Crippen LogP contribution in [0.2, 0.25) is 0 Å². The van der Waals surface area contributed by atoms with Crippen LogP contribution in [-0.2, 0) is 0 Å². The number of anilines is 1. The van der Waals surface area contributed by atoms with Crippen LogP contribution in [0.15, 0.2) is 49.2 Å². The summed E-state index contributed by atoms with van der Waals surface area (Å²) >= 11 is 0. The average molecular weight is 363 g/mol. The van der Waals surface area contributed by atoms with Gasteiger partial charge in [-0.2, -0.15) is 5.10 Å². The quantitative estimate of drug-likeness (QED) is 0.760. The number of piperidine rings is 1. The molecule has 2 aromatic heterocycles. The van der Waals surface area contributed by atoms with E-state index < -0.39 is 0 Å². The van der Waals surface area contributed by atoms with E-state index in [1.54, 1.807) is 23.4 Å². The Morgan fingerprint density at radius 2 is 2.04 bits per heavy atom. The molecule has 3 aromatic rings. The van der Waals surface area contributed by atoms with Gasteiger partial charge in [-0.15, -0.1) is 15.3 Å². The summed E-state index contributed by atoms with van der Waals surface area (Å²) in [4.78, 5) is 15.2. The van der Waals surface area contributed by atoms with Crippen molar-refractivity contribution in [2.24, 2.45) is 0 Å². The number of benzene rings is 1. The maximum absolute atomic E-state index is 13.0. The van der Waals surface area contributed by atoms with Gasteiger partial charge in [-0.05, 0) is 44.0 Å². The number of rotatable bonds is 4. The molecule has 1 saturated heterocycles. The number of hydrogen-bond donors (Lipinski definition) is 1. The lowest BCUT2D eigenvalue weighted by Gasteiger charge is -2.33. The van der Waals surface area contributed by atoms with Gasteiger partial charge >= 0.3 is 0 Å². The van der Waals surface area contributed by atoms with Gasteiger partial charge in [-0.3, -0.25) is 9.36 Å². The van der Waals surface area contributed by atoms with Crippen molar-refractivity contribution >= 4 is 11.7 Å². The Bertz CT molecular complexity index is 911. The number of amides is 1. The molecular weight excluding hydrogens is 342 g/mol. The van der Waals surface area contributed by atoms with Gasteiger partial charge in [-0.1, -0.05) is 11.6 Å². The summed E-state index contributed by atoms with van der Waals surface area (Å²) in [5.74, 6) is 0.755. The molecule has 1 unspecified atom stereocenters. The lowest BCUT2D eigenvalue weighted by molar-refractivity contribution is 0.0933. The topological polar surface area (TPSA) is 88.8 Å². The lowest BCUT2D eigenvalue weighted by Crippen LogP contribution is -2.48. The van der Waals surface area contributed by atoms with E-state index in [1.807, 2.05) is 37.3 Å². The molecule has 4 rings (SSSR count). The Labute approximate surface area is 157 Å². The Balaban J connectivity index is 1.52. The molecule has 8 nitrogen and oxygen atoms in total. The molecule has 1 fully saturated rings. The lowest BCUT2D eigenvalue weighted by atomic mass is 10.0. The van der Waals surface area contributed by atoms with Crippen LogP contribution in [0.3, 0.4) is 0 Å². The van der Waals surface area contributed by atoms with Gasteiger partial charge in [-0.25, -0.2) is 0 Å². The molecule has 0 aliphatic carbocycles. The third kappa shape index (κ3) is 3.79. The van der Waals surface area contributed by atoms with Gasteiger partial charge in [0, 0.05) is 25.3 Å². The van der Waals surface area contributed by atoms with Crippen molar-refractivity contribution < 1.29 is 4.79 Å². The van der Waals surface area contributed by atoms with Crippen LogP contribution in [0.1, 0.15) is 28.8 Å². The second kappa shape index (κ2) is 7.53. The van der Waals surface area contributed by atoms with E-state index in [0.29, 0.717) is 5.56 Å². The Hall–Kier alpha value is -3.29. The molecule has 1 aliphatic heterocycles. The fraction of sp³-hybridized carbons (Fsp3) is 0.316. The van der Waals surface area contributed by atoms with Crippen molar-refractivity contribution in [3.8, 4) is 5.69 Å². The van der Waals surface area contributed by atoms with Gasteiger partial charge in [0.1, 0.15) is 12.7 Å². The first kappa shape index (κ1) is 17.1. The molecule has 1 aromatic carbocycles. The molecule has 0 saturated carbocycles. The Morgan fingerprint density at radius 3 is 2.81 bits per heavy atom. The van der Waals surface area contributed by atoms with Gasteiger partial charge in [0.25, 0.3) is 5.91 Å². The van der Waals surface area contributed by atoms with Crippen molar-refractivity contribution in [3.63, 3.8) is 0 Å². The number of aromatic nitrogens is 5. The van der Waals surface area contributed by atoms with Crippen LogP contribution < -0.4 is 10.2 Å². The smallest absolute Gasteiger partial charge is 0.253 e. The van der Waals surface area contributed by atoms with E-state index in [4.69, 9.17) is 0 Å². The van der Waals surface area contributed by atoms with Crippen LogP contribution in [0.25, 0.3) is 5.69 Å². The SMILES string of the molecule is Cc1ccc(-n2cnnc2)c(C(=O)NC2CCCN(c3cccnn3)C2)c1. The third-order valence-electron chi connectivity index (χ3n) is 4.73. The van der Waals surface area contributed by atoms with Crippen LogP contribution in [-0.4, -0.2) is 50.0 Å². The molecule has 0 spiro atoms. The minimum Gasteiger partial charge on any atom is -0.353 e. The molecule has 1 aliphatic rings. The van der Waals surface area contributed by atoms with Crippen LogP contribution in [0.5, 0.6) is 0 Å². The van der Waals surface area contributed by atoms with Crippen LogP contribution >= 0.6 is 0 Å². The number of nitrogens with one attached hydrogen (secondary N) is 1. The summed E-state index contributed by atoms with van der Waals surface area (Å²) in [7, 11) is 0. The van der Waals surface area contributed by atoms with Crippen molar-refractivity contribution in [3.05, 3.63) is 60.3 Å². The fourth-order valence-electron chi connectivity index (χ4n) is 3.41. The zero-order chi connectivity index (χ0) is 18.6. The van der Waals surface area contributed by atoms with Crippen LogP contribution in [0.4, 0.5) is 5.82 Å². The molecule has 0 radical (unpaired) electrons. The fourth-order valence-corrected chi connectivity index (χ4v) is 3.41. The number of carbonyl (C=O) groups excluding carboxylic acids is 1. The average Bonchev–Trinajstić information content (AvgIpc) is 3.23. The van der Waals surface area contributed by atoms with Crippen molar-refractivity contribution in [1.29, 1.82) is 0 Å². The summed E-state index contributed by atoms with van der Waals surface area (Å²) in [6.07, 6.45) is 6.79. The highest BCUT2D eigenvalue weighted by Gasteiger charge is 2.24. The summed E-state index contributed by atoms with van der Waals surface area (Å²) in [6, 6.07) is 9.67. The van der Waals surface area contributed by atoms with E-state index in [0.717, 1.165) is 43.0 Å².